The molecule has 2 fully saturated rings. The molecule has 1 N–H and O–H groups in total. The van der Waals surface area contributed by atoms with Crippen molar-refractivity contribution in [3.8, 4) is 0 Å². The molecule has 0 bridgehead atoms. The normalized spacial score (nSPS) is 33.1. The summed E-state index contributed by atoms with van der Waals surface area (Å²) in [6.07, 6.45) is 2.71. The van der Waals surface area contributed by atoms with Crippen LogP contribution in [-0.4, -0.2) is 38.1 Å². The molecule has 3 rings (SSSR count). The van der Waals surface area contributed by atoms with E-state index >= 15 is 0 Å². The predicted octanol–water partition coefficient (Wildman–Crippen LogP) is 2.39. The van der Waals surface area contributed by atoms with Gasteiger partial charge in [0.2, 0.25) is 0 Å². The number of nitrogens with zero attached hydrogens (tertiary/aromatic N) is 1. The van der Waals surface area contributed by atoms with E-state index < -0.39 is 0 Å². The van der Waals surface area contributed by atoms with Crippen molar-refractivity contribution < 1.29 is 0 Å². The Kier molecular flexibility index (Phi) is 3.16. The average molecular weight is 244 g/mol. The van der Waals surface area contributed by atoms with Crippen molar-refractivity contribution in [3.05, 3.63) is 35.4 Å². The van der Waals surface area contributed by atoms with Crippen LogP contribution in [0.5, 0.6) is 0 Å². The number of aryl methyl sites for hydroxylation is 1. The zero-order valence-electron chi connectivity index (χ0n) is 11.6. The van der Waals surface area contributed by atoms with Gasteiger partial charge in [-0.05, 0) is 38.9 Å². The molecule has 2 saturated heterocycles. The highest BCUT2D eigenvalue weighted by Gasteiger charge is 2.46. The van der Waals surface area contributed by atoms with E-state index in [0.717, 1.165) is 0 Å². The maximum absolute atomic E-state index is 3.62. The summed E-state index contributed by atoms with van der Waals surface area (Å²) in [5.41, 5.74) is 3.37. The van der Waals surface area contributed by atoms with E-state index in [9.17, 15) is 0 Å². The van der Waals surface area contributed by atoms with Gasteiger partial charge in [0, 0.05) is 31.0 Å². The molecule has 1 aromatic carbocycles. The third-order valence-corrected chi connectivity index (χ3v) is 4.80. The van der Waals surface area contributed by atoms with Crippen LogP contribution in [0.15, 0.2) is 24.3 Å². The molecule has 18 heavy (non-hydrogen) atoms. The van der Waals surface area contributed by atoms with Gasteiger partial charge < -0.3 is 10.2 Å². The number of hydrogen-bond donors (Lipinski definition) is 1. The zero-order chi connectivity index (χ0) is 12.6. The van der Waals surface area contributed by atoms with Crippen LogP contribution in [0.4, 0.5) is 0 Å². The Bertz CT molecular complexity index is 404. The van der Waals surface area contributed by atoms with Crippen LogP contribution in [0.25, 0.3) is 0 Å². The van der Waals surface area contributed by atoms with E-state index in [0.29, 0.717) is 11.3 Å². The zero-order valence-corrected chi connectivity index (χ0v) is 11.6. The van der Waals surface area contributed by atoms with Crippen molar-refractivity contribution in [2.24, 2.45) is 5.41 Å². The summed E-state index contributed by atoms with van der Waals surface area (Å²) in [6, 6.07) is 9.21. The van der Waals surface area contributed by atoms with Crippen LogP contribution >= 0.6 is 0 Å². The highest BCUT2D eigenvalue weighted by Crippen LogP contribution is 2.46. The summed E-state index contributed by atoms with van der Waals surface area (Å²) >= 11 is 0. The summed E-state index contributed by atoms with van der Waals surface area (Å²) < 4.78 is 0. The molecule has 2 atom stereocenters. The lowest BCUT2D eigenvalue weighted by atomic mass is 9.70. The minimum absolute atomic E-state index is 0.474. The number of hydrogen-bond acceptors (Lipinski definition) is 2. The van der Waals surface area contributed by atoms with Crippen LogP contribution in [0.3, 0.4) is 0 Å². The van der Waals surface area contributed by atoms with Crippen LogP contribution < -0.4 is 5.32 Å². The average Bonchev–Trinajstić information content (AvgIpc) is 2.68. The van der Waals surface area contributed by atoms with Gasteiger partial charge in [-0.2, -0.15) is 0 Å². The van der Waals surface area contributed by atoms with E-state index in [2.05, 4.69) is 48.5 Å². The van der Waals surface area contributed by atoms with Gasteiger partial charge in [-0.25, -0.2) is 0 Å². The van der Waals surface area contributed by atoms with Crippen molar-refractivity contribution in [3.63, 3.8) is 0 Å². The fourth-order valence-corrected chi connectivity index (χ4v) is 3.90. The summed E-state index contributed by atoms with van der Waals surface area (Å²) in [5, 5.41) is 3.62. The van der Waals surface area contributed by atoms with Gasteiger partial charge in [-0.1, -0.05) is 29.8 Å². The van der Waals surface area contributed by atoms with Gasteiger partial charge >= 0.3 is 0 Å². The van der Waals surface area contributed by atoms with Gasteiger partial charge in [0.05, 0.1) is 0 Å². The molecular formula is C16H24N2. The Labute approximate surface area is 110 Å². The van der Waals surface area contributed by atoms with E-state index in [1.165, 1.54) is 50.1 Å². The fourth-order valence-electron chi connectivity index (χ4n) is 3.90. The first-order valence-corrected chi connectivity index (χ1v) is 7.15. The van der Waals surface area contributed by atoms with Gasteiger partial charge in [0.1, 0.15) is 0 Å². The summed E-state index contributed by atoms with van der Waals surface area (Å²) in [4.78, 5) is 2.51. The number of benzene rings is 1. The quantitative estimate of drug-likeness (QED) is 0.816. The largest absolute Gasteiger partial charge is 0.316 e. The lowest BCUT2D eigenvalue weighted by Gasteiger charge is -2.39. The second-order valence-electron chi connectivity index (χ2n) is 6.30. The van der Waals surface area contributed by atoms with Crippen LogP contribution in [0, 0.1) is 12.3 Å². The third-order valence-electron chi connectivity index (χ3n) is 4.80. The Hall–Kier alpha value is -0.860. The van der Waals surface area contributed by atoms with Crippen molar-refractivity contribution >= 4 is 0 Å². The minimum Gasteiger partial charge on any atom is -0.316 e. The minimum atomic E-state index is 0.474. The van der Waals surface area contributed by atoms with E-state index in [-0.39, 0.29) is 0 Å². The lowest BCUT2D eigenvalue weighted by Crippen LogP contribution is -2.44. The van der Waals surface area contributed by atoms with Crippen LogP contribution in [0.1, 0.15) is 29.9 Å². The maximum Gasteiger partial charge on any atom is 0.00538 e. The van der Waals surface area contributed by atoms with E-state index in [1.807, 2.05) is 0 Å². The Morgan fingerprint density at radius 2 is 2.06 bits per heavy atom. The molecule has 2 aliphatic rings. The number of piperidine rings is 1. The molecule has 2 aliphatic heterocycles. The highest BCUT2D eigenvalue weighted by atomic mass is 15.2. The molecule has 98 valence electrons. The highest BCUT2D eigenvalue weighted by molar-refractivity contribution is 5.28. The van der Waals surface area contributed by atoms with Gasteiger partial charge in [-0.3, -0.25) is 0 Å². The smallest absolute Gasteiger partial charge is 0.00538 e. The molecule has 0 saturated carbocycles. The third kappa shape index (κ3) is 2.08. The maximum atomic E-state index is 3.62. The SMILES string of the molecule is Cc1ccc(C2CN(C)CC23CCCNC3)cc1. The molecule has 1 spiro atoms. The second kappa shape index (κ2) is 4.67. The van der Waals surface area contributed by atoms with Crippen molar-refractivity contribution in [1.29, 1.82) is 0 Å². The summed E-state index contributed by atoms with van der Waals surface area (Å²) in [7, 11) is 2.27. The van der Waals surface area contributed by atoms with E-state index in [1.54, 1.807) is 0 Å². The molecule has 2 nitrogen and oxygen atoms in total. The monoisotopic (exact) mass is 244 g/mol. The standard InChI is InChI=1S/C16H24N2/c1-13-4-6-14(7-5-13)15-10-18(2)12-16(15)8-3-9-17-11-16/h4-7,15,17H,3,8-12H2,1-2H3. The van der Waals surface area contributed by atoms with Gasteiger partial charge in [0.25, 0.3) is 0 Å². The Morgan fingerprint density at radius 3 is 2.72 bits per heavy atom. The summed E-state index contributed by atoms with van der Waals surface area (Å²) in [5.74, 6) is 0.705. The van der Waals surface area contributed by atoms with Crippen LogP contribution in [0.2, 0.25) is 0 Å². The fraction of sp³-hybridized carbons (Fsp3) is 0.625. The van der Waals surface area contributed by atoms with Crippen molar-refractivity contribution in [2.45, 2.75) is 25.7 Å². The van der Waals surface area contributed by atoms with Crippen LogP contribution in [-0.2, 0) is 0 Å². The molecule has 0 aromatic heterocycles. The van der Waals surface area contributed by atoms with Gasteiger partial charge in [0.15, 0.2) is 0 Å². The van der Waals surface area contributed by atoms with E-state index in [4.69, 9.17) is 0 Å². The molecule has 2 heteroatoms. The first-order valence-electron chi connectivity index (χ1n) is 7.15. The molecule has 0 aliphatic carbocycles. The molecular weight excluding hydrogens is 220 g/mol. The number of nitrogens with one attached hydrogen (secondary N) is 1. The van der Waals surface area contributed by atoms with Crippen molar-refractivity contribution in [2.75, 3.05) is 33.2 Å². The number of likely N-dealkylation sites (N-methyl/N-ethyl adjacent to an activating group) is 1. The molecule has 2 unspecified atom stereocenters. The first-order chi connectivity index (χ1) is 8.70. The Morgan fingerprint density at radius 1 is 1.28 bits per heavy atom. The number of likely N-dealkylation sites (tertiary alicyclic amines) is 1. The molecule has 0 radical (unpaired) electrons. The van der Waals surface area contributed by atoms with Crippen molar-refractivity contribution in [1.82, 2.24) is 10.2 Å². The summed E-state index contributed by atoms with van der Waals surface area (Å²) in [6.45, 7) is 7.02. The van der Waals surface area contributed by atoms with Gasteiger partial charge in [-0.15, -0.1) is 0 Å². The molecule has 1 aromatic rings. The number of rotatable bonds is 1. The first kappa shape index (κ1) is 12.2. The topological polar surface area (TPSA) is 15.3 Å². The second-order valence-corrected chi connectivity index (χ2v) is 6.30. The lowest BCUT2D eigenvalue weighted by molar-refractivity contribution is 0.194. The predicted molar refractivity (Wildman–Crippen MR) is 76.0 cm³/mol. The molecule has 2 heterocycles. The molecule has 0 amide bonds. The Balaban J connectivity index is 1.90.